The number of ether oxygens (including phenoxy) is 1. The number of rotatable bonds is 5. The van der Waals surface area contributed by atoms with Crippen LogP contribution in [0, 0.1) is 5.82 Å². The second-order valence-electron chi connectivity index (χ2n) is 3.60. The number of nitrogens with one attached hydrogen (secondary N) is 1. The topological polar surface area (TPSA) is 38.3 Å². The smallest absolute Gasteiger partial charge is 0.328 e. The molecule has 1 rings (SSSR count). The SMILES string of the molecule is CCOC(=O)C(CC)Nc1c(Cl)cc(F)cc1Cl. The van der Waals surface area contributed by atoms with Crippen molar-refractivity contribution in [3.63, 3.8) is 0 Å². The molecule has 0 aliphatic rings. The summed E-state index contributed by atoms with van der Waals surface area (Å²) < 4.78 is 17.9. The fourth-order valence-electron chi connectivity index (χ4n) is 1.42. The molecule has 0 saturated heterocycles. The first kappa shape index (κ1) is 15.1. The van der Waals surface area contributed by atoms with E-state index in [0.29, 0.717) is 18.7 Å². The maximum Gasteiger partial charge on any atom is 0.328 e. The highest BCUT2D eigenvalue weighted by Gasteiger charge is 2.20. The minimum atomic E-state index is -0.564. The number of hydrogen-bond donors (Lipinski definition) is 1. The Hall–Kier alpha value is -1.00. The molecule has 0 aromatic heterocycles. The van der Waals surface area contributed by atoms with E-state index in [2.05, 4.69) is 5.32 Å². The zero-order valence-electron chi connectivity index (χ0n) is 10.1. The number of carbonyl (C=O) groups is 1. The fraction of sp³-hybridized carbons (Fsp3) is 0.417. The Morgan fingerprint density at radius 2 is 1.94 bits per heavy atom. The lowest BCUT2D eigenvalue weighted by Crippen LogP contribution is -2.31. The molecule has 0 radical (unpaired) electrons. The van der Waals surface area contributed by atoms with Crippen LogP contribution in [-0.2, 0) is 9.53 Å². The zero-order valence-corrected chi connectivity index (χ0v) is 11.6. The second-order valence-corrected chi connectivity index (χ2v) is 4.42. The molecule has 0 aliphatic heterocycles. The molecule has 18 heavy (non-hydrogen) atoms. The van der Waals surface area contributed by atoms with Crippen LogP contribution in [0.1, 0.15) is 20.3 Å². The van der Waals surface area contributed by atoms with Crippen LogP contribution < -0.4 is 5.32 Å². The van der Waals surface area contributed by atoms with Gasteiger partial charge in [-0.3, -0.25) is 0 Å². The van der Waals surface area contributed by atoms with Gasteiger partial charge in [-0.25, -0.2) is 9.18 Å². The van der Waals surface area contributed by atoms with E-state index in [1.54, 1.807) is 6.92 Å². The molecule has 0 aliphatic carbocycles. The van der Waals surface area contributed by atoms with E-state index in [9.17, 15) is 9.18 Å². The van der Waals surface area contributed by atoms with Crippen molar-refractivity contribution < 1.29 is 13.9 Å². The van der Waals surface area contributed by atoms with Crippen molar-refractivity contribution in [3.05, 3.63) is 28.0 Å². The first-order valence-electron chi connectivity index (χ1n) is 5.57. The summed E-state index contributed by atoms with van der Waals surface area (Å²) in [4.78, 5) is 11.6. The predicted molar refractivity (Wildman–Crippen MR) is 70.8 cm³/mol. The number of esters is 1. The van der Waals surface area contributed by atoms with Gasteiger partial charge >= 0.3 is 5.97 Å². The molecule has 3 nitrogen and oxygen atoms in total. The van der Waals surface area contributed by atoms with E-state index in [0.717, 1.165) is 12.1 Å². The average molecular weight is 294 g/mol. The minimum Gasteiger partial charge on any atom is -0.464 e. The maximum absolute atomic E-state index is 13.0. The molecule has 0 spiro atoms. The standard InChI is InChI=1S/C12H14Cl2FNO2/c1-3-10(12(17)18-4-2)16-11-8(13)5-7(15)6-9(11)14/h5-6,10,16H,3-4H2,1-2H3. The Morgan fingerprint density at radius 1 is 1.39 bits per heavy atom. The first-order chi connectivity index (χ1) is 8.49. The van der Waals surface area contributed by atoms with E-state index in [1.165, 1.54) is 0 Å². The number of benzene rings is 1. The third-order valence-corrected chi connectivity index (χ3v) is 2.90. The van der Waals surface area contributed by atoms with Gasteiger partial charge in [-0.05, 0) is 25.5 Å². The van der Waals surface area contributed by atoms with Gasteiger partial charge < -0.3 is 10.1 Å². The molecule has 1 aromatic rings. The van der Waals surface area contributed by atoms with Gasteiger partial charge in [-0.1, -0.05) is 30.1 Å². The summed E-state index contributed by atoms with van der Waals surface area (Å²) in [5, 5.41) is 3.13. The van der Waals surface area contributed by atoms with Gasteiger partial charge in [0.2, 0.25) is 0 Å². The Bertz CT molecular complexity index is 417. The molecule has 0 saturated carbocycles. The van der Waals surface area contributed by atoms with Crippen LogP contribution in [0.2, 0.25) is 10.0 Å². The van der Waals surface area contributed by atoms with E-state index in [1.807, 2.05) is 6.92 Å². The molecule has 0 heterocycles. The van der Waals surface area contributed by atoms with Crippen LogP contribution >= 0.6 is 23.2 Å². The Kier molecular flexibility index (Phi) is 5.69. The number of anilines is 1. The highest BCUT2D eigenvalue weighted by molar-refractivity contribution is 6.39. The highest BCUT2D eigenvalue weighted by atomic mass is 35.5. The summed E-state index contributed by atoms with van der Waals surface area (Å²) in [7, 11) is 0. The lowest BCUT2D eigenvalue weighted by atomic mass is 10.2. The van der Waals surface area contributed by atoms with Gasteiger partial charge in [-0.2, -0.15) is 0 Å². The van der Waals surface area contributed by atoms with Crippen LogP contribution in [0.5, 0.6) is 0 Å². The second kappa shape index (κ2) is 6.81. The molecule has 1 atom stereocenters. The summed E-state index contributed by atoms with van der Waals surface area (Å²) in [6, 6.07) is 1.70. The van der Waals surface area contributed by atoms with Crippen LogP contribution in [0.25, 0.3) is 0 Å². The number of halogens is 3. The Balaban J connectivity index is 2.92. The molecule has 1 N–H and O–H groups in total. The summed E-state index contributed by atoms with van der Waals surface area (Å²) in [6.45, 7) is 3.84. The number of carbonyl (C=O) groups excluding carboxylic acids is 1. The van der Waals surface area contributed by atoms with Gasteiger partial charge in [0, 0.05) is 0 Å². The molecular formula is C12H14Cl2FNO2. The van der Waals surface area contributed by atoms with Crippen molar-refractivity contribution in [1.82, 2.24) is 0 Å². The molecule has 100 valence electrons. The quantitative estimate of drug-likeness (QED) is 0.837. The number of hydrogen-bond acceptors (Lipinski definition) is 3. The third-order valence-electron chi connectivity index (χ3n) is 2.30. The Morgan fingerprint density at radius 3 is 2.39 bits per heavy atom. The van der Waals surface area contributed by atoms with Gasteiger partial charge in [0.25, 0.3) is 0 Å². The van der Waals surface area contributed by atoms with Crippen LogP contribution in [0.3, 0.4) is 0 Å². The molecule has 0 bridgehead atoms. The predicted octanol–water partition coefficient (Wildman–Crippen LogP) is 3.89. The molecule has 1 aromatic carbocycles. The van der Waals surface area contributed by atoms with Crippen molar-refractivity contribution in [2.75, 3.05) is 11.9 Å². The average Bonchev–Trinajstić information content (AvgIpc) is 2.28. The van der Waals surface area contributed by atoms with Gasteiger partial charge in [0.15, 0.2) is 0 Å². The fourth-order valence-corrected chi connectivity index (χ4v) is 1.99. The molecule has 6 heteroatoms. The molecule has 1 unspecified atom stereocenters. The van der Waals surface area contributed by atoms with Gasteiger partial charge in [0.1, 0.15) is 11.9 Å². The van der Waals surface area contributed by atoms with Crippen molar-refractivity contribution in [1.29, 1.82) is 0 Å². The van der Waals surface area contributed by atoms with Gasteiger partial charge in [0.05, 0.1) is 22.3 Å². The monoisotopic (exact) mass is 293 g/mol. The first-order valence-corrected chi connectivity index (χ1v) is 6.32. The maximum atomic E-state index is 13.0. The van der Waals surface area contributed by atoms with Crippen molar-refractivity contribution >= 4 is 34.9 Å². The molecule has 0 fully saturated rings. The van der Waals surface area contributed by atoms with E-state index >= 15 is 0 Å². The zero-order chi connectivity index (χ0) is 13.7. The lowest BCUT2D eigenvalue weighted by Gasteiger charge is -2.18. The van der Waals surface area contributed by atoms with Crippen molar-refractivity contribution in [3.8, 4) is 0 Å². The van der Waals surface area contributed by atoms with E-state index < -0.39 is 17.8 Å². The largest absolute Gasteiger partial charge is 0.464 e. The minimum absolute atomic E-state index is 0.128. The van der Waals surface area contributed by atoms with E-state index in [-0.39, 0.29) is 10.0 Å². The normalized spacial score (nSPS) is 12.1. The lowest BCUT2D eigenvalue weighted by molar-refractivity contribution is -0.144. The van der Waals surface area contributed by atoms with Crippen LogP contribution in [0.4, 0.5) is 10.1 Å². The van der Waals surface area contributed by atoms with Crippen molar-refractivity contribution in [2.24, 2.45) is 0 Å². The van der Waals surface area contributed by atoms with Crippen LogP contribution in [-0.4, -0.2) is 18.6 Å². The highest BCUT2D eigenvalue weighted by Crippen LogP contribution is 2.32. The van der Waals surface area contributed by atoms with Crippen LogP contribution in [0.15, 0.2) is 12.1 Å². The molecular weight excluding hydrogens is 280 g/mol. The summed E-state index contributed by atoms with van der Waals surface area (Å²) in [5.41, 5.74) is 0.333. The Labute approximate surface area is 115 Å². The third kappa shape index (κ3) is 3.75. The summed E-state index contributed by atoms with van der Waals surface area (Å²) >= 11 is 11.8. The van der Waals surface area contributed by atoms with Crippen molar-refractivity contribution in [2.45, 2.75) is 26.3 Å². The van der Waals surface area contributed by atoms with Gasteiger partial charge in [-0.15, -0.1) is 0 Å². The summed E-state index contributed by atoms with van der Waals surface area (Å²) in [5.74, 6) is -0.920. The molecule has 0 amide bonds. The van der Waals surface area contributed by atoms with E-state index in [4.69, 9.17) is 27.9 Å². The summed E-state index contributed by atoms with van der Waals surface area (Å²) in [6.07, 6.45) is 0.503.